The van der Waals surface area contributed by atoms with Gasteiger partial charge in [0.15, 0.2) is 0 Å². The van der Waals surface area contributed by atoms with Gasteiger partial charge in [0.2, 0.25) is 11.8 Å². The van der Waals surface area contributed by atoms with Crippen molar-refractivity contribution in [3.05, 3.63) is 92.9 Å². The molecule has 11 heteroatoms. The monoisotopic (exact) mass is 649 g/mol. The third-order valence-electron chi connectivity index (χ3n) is 7.45. The van der Waals surface area contributed by atoms with Gasteiger partial charge in [0.1, 0.15) is 12.6 Å². The van der Waals surface area contributed by atoms with Crippen LogP contribution < -0.4 is 9.62 Å². The third-order valence-corrected chi connectivity index (χ3v) is 10.1. The fraction of sp³-hybridized carbons (Fsp3) is 0.355. The molecule has 224 valence electrons. The maximum atomic E-state index is 14.2. The normalized spacial score (nSPS) is 14.4. The van der Waals surface area contributed by atoms with Gasteiger partial charge < -0.3 is 10.2 Å². The quantitative estimate of drug-likeness (QED) is 0.242. The number of rotatable bonds is 11. The van der Waals surface area contributed by atoms with Gasteiger partial charge in [-0.05, 0) is 80.3 Å². The number of carbonyl (C=O) groups excluding carboxylic acids is 2. The molecule has 2 amide bonds. The molecule has 4 rings (SSSR count). The van der Waals surface area contributed by atoms with Gasteiger partial charge in [-0.2, -0.15) is 0 Å². The smallest absolute Gasteiger partial charge is 0.264 e. The highest BCUT2D eigenvalue weighted by Crippen LogP contribution is 2.28. The van der Waals surface area contributed by atoms with Gasteiger partial charge >= 0.3 is 0 Å². The van der Waals surface area contributed by atoms with Gasteiger partial charge in [0.05, 0.1) is 10.6 Å². The molecule has 1 atom stereocenters. The minimum Gasteiger partial charge on any atom is -0.352 e. The van der Waals surface area contributed by atoms with Crippen LogP contribution in [0.5, 0.6) is 0 Å². The van der Waals surface area contributed by atoms with E-state index in [-0.39, 0.29) is 23.4 Å². The lowest BCUT2D eigenvalue weighted by atomic mass is 10.1. The van der Waals surface area contributed by atoms with E-state index in [1.54, 1.807) is 42.5 Å². The van der Waals surface area contributed by atoms with Gasteiger partial charge in [0.25, 0.3) is 10.0 Å². The molecule has 0 bridgehead atoms. The Balaban J connectivity index is 1.73. The molecule has 1 saturated carbocycles. The van der Waals surface area contributed by atoms with Crippen molar-refractivity contribution in [2.45, 2.75) is 69.5 Å². The number of nitrogens with one attached hydrogen (secondary N) is 1. The van der Waals surface area contributed by atoms with E-state index >= 15 is 0 Å². The first kappa shape index (κ1) is 32.1. The van der Waals surface area contributed by atoms with Crippen LogP contribution >= 0.6 is 34.8 Å². The van der Waals surface area contributed by atoms with Crippen LogP contribution in [0.15, 0.2) is 71.6 Å². The first-order valence-electron chi connectivity index (χ1n) is 13.9. The van der Waals surface area contributed by atoms with Crippen LogP contribution in [0.4, 0.5) is 5.69 Å². The van der Waals surface area contributed by atoms with E-state index in [2.05, 4.69) is 5.32 Å². The minimum atomic E-state index is -4.19. The summed E-state index contributed by atoms with van der Waals surface area (Å²) < 4.78 is 28.9. The molecular formula is C31H34Cl3N3O4S. The van der Waals surface area contributed by atoms with Crippen molar-refractivity contribution >= 4 is 62.3 Å². The maximum absolute atomic E-state index is 14.2. The number of hydrogen-bond donors (Lipinski definition) is 1. The fourth-order valence-corrected chi connectivity index (χ4v) is 7.10. The summed E-state index contributed by atoms with van der Waals surface area (Å²) in [5.41, 5.74) is 1.84. The molecular weight excluding hydrogens is 617 g/mol. The average Bonchev–Trinajstić information content (AvgIpc) is 3.46. The second kappa shape index (κ2) is 14.1. The zero-order valence-corrected chi connectivity index (χ0v) is 26.6. The van der Waals surface area contributed by atoms with Crippen LogP contribution in [0.1, 0.15) is 50.2 Å². The number of sulfonamides is 1. The van der Waals surface area contributed by atoms with Crippen molar-refractivity contribution < 1.29 is 18.0 Å². The third kappa shape index (κ3) is 7.78. The van der Waals surface area contributed by atoms with Gasteiger partial charge in [-0.15, -0.1) is 0 Å². The summed E-state index contributed by atoms with van der Waals surface area (Å²) in [6.45, 7) is 3.17. The number of benzene rings is 3. The Bertz CT molecular complexity index is 1510. The van der Waals surface area contributed by atoms with E-state index in [1.165, 1.54) is 29.2 Å². The van der Waals surface area contributed by atoms with E-state index in [0.717, 1.165) is 35.6 Å². The number of hydrogen-bond acceptors (Lipinski definition) is 4. The highest BCUT2D eigenvalue weighted by molar-refractivity contribution is 7.92. The molecule has 3 aromatic rings. The lowest BCUT2D eigenvalue weighted by Crippen LogP contribution is -2.53. The van der Waals surface area contributed by atoms with Crippen LogP contribution in [0, 0.1) is 6.92 Å². The Morgan fingerprint density at radius 1 is 0.929 bits per heavy atom. The van der Waals surface area contributed by atoms with E-state index < -0.39 is 28.5 Å². The number of amides is 2. The van der Waals surface area contributed by atoms with Crippen LogP contribution in [-0.4, -0.2) is 43.8 Å². The van der Waals surface area contributed by atoms with E-state index in [9.17, 15) is 18.0 Å². The molecule has 0 aliphatic heterocycles. The summed E-state index contributed by atoms with van der Waals surface area (Å²) >= 11 is 18.6. The molecule has 1 aliphatic rings. The van der Waals surface area contributed by atoms with E-state index in [0.29, 0.717) is 32.7 Å². The summed E-state index contributed by atoms with van der Waals surface area (Å²) in [6.07, 6.45) is 4.18. The SMILES string of the molecule is CC[C@@H](C(=O)NC1CCCC1)N(Cc1ccc(Cl)cc1Cl)C(=O)CN(c1ccc(C)cc1)S(=O)(=O)c1ccc(Cl)cc1. The van der Waals surface area contributed by atoms with Crippen molar-refractivity contribution in [3.8, 4) is 0 Å². The van der Waals surface area contributed by atoms with Gasteiger partial charge in [-0.25, -0.2) is 8.42 Å². The van der Waals surface area contributed by atoms with E-state index in [1.807, 2.05) is 13.8 Å². The summed E-state index contributed by atoms with van der Waals surface area (Å²) in [7, 11) is -4.19. The molecule has 0 unspecified atom stereocenters. The summed E-state index contributed by atoms with van der Waals surface area (Å²) in [4.78, 5) is 29.1. The summed E-state index contributed by atoms with van der Waals surface area (Å²) in [5.74, 6) is -0.821. The number of nitrogens with zero attached hydrogens (tertiary/aromatic N) is 2. The molecule has 1 aliphatic carbocycles. The molecule has 0 saturated heterocycles. The van der Waals surface area contributed by atoms with Crippen LogP contribution in [-0.2, 0) is 26.2 Å². The zero-order chi connectivity index (χ0) is 30.4. The minimum absolute atomic E-state index is 0.00579. The number of anilines is 1. The van der Waals surface area contributed by atoms with E-state index in [4.69, 9.17) is 34.8 Å². The fourth-order valence-electron chi connectivity index (χ4n) is 5.09. The molecule has 1 N–H and O–H groups in total. The Kier molecular flexibility index (Phi) is 10.8. The molecule has 0 radical (unpaired) electrons. The van der Waals surface area contributed by atoms with Crippen LogP contribution in [0.25, 0.3) is 0 Å². The zero-order valence-electron chi connectivity index (χ0n) is 23.5. The lowest BCUT2D eigenvalue weighted by Gasteiger charge is -2.34. The molecule has 42 heavy (non-hydrogen) atoms. The van der Waals surface area contributed by atoms with Crippen molar-refractivity contribution in [1.29, 1.82) is 0 Å². The number of halogens is 3. The largest absolute Gasteiger partial charge is 0.352 e. The molecule has 0 spiro atoms. The molecule has 7 nitrogen and oxygen atoms in total. The Morgan fingerprint density at radius 2 is 1.55 bits per heavy atom. The molecule has 0 aromatic heterocycles. The predicted molar refractivity (Wildman–Crippen MR) is 169 cm³/mol. The van der Waals surface area contributed by atoms with Crippen molar-refractivity contribution in [3.63, 3.8) is 0 Å². The highest BCUT2D eigenvalue weighted by atomic mass is 35.5. The highest BCUT2D eigenvalue weighted by Gasteiger charge is 2.34. The second-order valence-corrected chi connectivity index (χ2v) is 13.6. The standard InChI is InChI=1S/C31H34Cl3N3O4S/c1-3-29(31(39)35-25-6-4-5-7-25)36(19-22-10-11-24(33)18-28(22)34)30(38)20-37(26-14-8-21(2)9-15-26)42(40,41)27-16-12-23(32)13-17-27/h8-18,25,29H,3-7,19-20H2,1-2H3,(H,35,39)/t29-/m0/s1. The van der Waals surface area contributed by atoms with Gasteiger partial charge in [-0.3, -0.25) is 13.9 Å². The Labute approximate surface area is 262 Å². The second-order valence-electron chi connectivity index (χ2n) is 10.5. The average molecular weight is 651 g/mol. The summed E-state index contributed by atoms with van der Waals surface area (Å²) in [5, 5.41) is 4.26. The van der Waals surface area contributed by atoms with Crippen molar-refractivity contribution in [1.82, 2.24) is 10.2 Å². The lowest BCUT2D eigenvalue weighted by molar-refractivity contribution is -0.140. The van der Waals surface area contributed by atoms with Crippen LogP contribution in [0.2, 0.25) is 15.1 Å². The van der Waals surface area contributed by atoms with Crippen molar-refractivity contribution in [2.75, 3.05) is 10.8 Å². The number of aryl methyl sites for hydroxylation is 1. The maximum Gasteiger partial charge on any atom is 0.264 e. The number of carbonyl (C=O) groups is 2. The molecule has 0 heterocycles. The first-order valence-corrected chi connectivity index (χ1v) is 16.5. The van der Waals surface area contributed by atoms with Crippen LogP contribution in [0.3, 0.4) is 0 Å². The topological polar surface area (TPSA) is 86.8 Å². The van der Waals surface area contributed by atoms with Crippen molar-refractivity contribution in [2.24, 2.45) is 0 Å². The molecule has 3 aromatic carbocycles. The Hall–Kier alpha value is -2.78. The predicted octanol–water partition coefficient (Wildman–Crippen LogP) is 7.02. The molecule has 1 fully saturated rings. The Morgan fingerprint density at radius 3 is 2.14 bits per heavy atom. The first-order chi connectivity index (χ1) is 20.0. The van der Waals surface area contributed by atoms with Gasteiger partial charge in [-0.1, -0.05) is 78.3 Å². The van der Waals surface area contributed by atoms with Gasteiger partial charge in [0, 0.05) is 27.7 Å². The summed E-state index contributed by atoms with van der Waals surface area (Å²) in [6, 6.07) is 16.8.